The van der Waals surface area contributed by atoms with Crippen molar-refractivity contribution in [2.24, 2.45) is 0 Å². The van der Waals surface area contributed by atoms with Gasteiger partial charge in [-0.1, -0.05) is 0 Å². The quantitative estimate of drug-likeness (QED) is 0.858. The Labute approximate surface area is 133 Å². The van der Waals surface area contributed by atoms with Crippen molar-refractivity contribution >= 4 is 17.1 Å². The lowest BCUT2D eigenvalue weighted by Gasteiger charge is -2.37. The molecule has 1 aliphatic rings. The number of benzene rings is 2. The van der Waals surface area contributed by atoms with Crippen molar-refractivity contribution in [3.63, 3.8) is 0 Å². The van der Waals surface area contributed by atoms with Crippen LogP contribution in [0, 0.1) is 0 Å². The molecule has 1 fully saturated rings. The molecule has 2 N–H and O–H groups in total. The van der Waals surface area contributed by atoms with E-state index in [2.05, 4.69) is 9.80 Å². The Morgan fingerprint density at radius 1 is 0.696 bits per heavy atom. The topological polar surface area (TPSA) is 32.5 Å². The maximum atomic E-state index is 12.6. The summed E-state index contributed by atoms with van der Waals surface area (Å²) in [5.41, 5.74) is 7.76. The molecule has 6 heteroatoms. The van der Waals surface area contributed by atoms with Gasteiger partial charge in [0.1, 0.15) is 0 Å². The van der Waals surface area contributed by atoms with Crippen LogP contribution in [0.1, 0.15) is 5.56 Å². The molecule has 0 aromatic heterocycles. The van der Waals surface area contributed by atoms with Gasteiger partial charge < -0.3 is 15.5 Å². The van der Waals surface area contributed by atoms with Crippen LogP contribution in [0.2, 0.25) is 0 Å². The Balaban J connectivity index is 1.63. The molecule has 2 aromatic rings. The van der Waals surface area contributed by atoms with Crippen LogP contribution in [0.25, 0.3) is 0 Å². The van der Waals surface area contributed by atoms with Gasteiger partial charge >= 0.3 is 6.18 Å². The van der Waals surface area contributed by atoms with Crippen LogP contribution in [-0.2, 0) is 6.18 Å². The van der Waals surface area contributed by atoms with Crippen molar-refractivity contribution in [2.75, 3.05) is 41.7 Å². The molecule has 1 saturated heterocycles. The fourth-order valence-electron chi connectivity index (χ4n) is 2.77. The van der Waals surface area contributed by atoms with Gasteiger partial charge in [-0.15, -0.1) is 0 Å². The summed E-state index contributed by atoms with van der Waals surface area (Å²) in [5.74, 6) is 0. The van der Waals surface area contributed by atoms with Crippen LogP contribution < -0.4 is 15.5 Å². The molecule has 1 heterocycles. The van der Waals surface area contributed by atoms with Gasteiger partial charge in [0.05, 0.1) is 5.56 Å². The standard InChI is InChI=1S/C17H18F3N3/c18-17(19,20)13-1-5-15(6-2-13)22-9-11-23(12-10-22)16-7-3-14(21)4-8-16/h1-8H,9-12,21H2. The van der Waals surface area contributed by atoms with E-state index in [1.54, 1.807) is 12.1 Å². The highest BCUT2D eigenvalue weighted by Gasteiger charge is 2.30. The normalized spacial score (nSPS) is 15.8. The summed E-state index contributed by atoms with van der Waals surface area (Å²) in [6.45, 7) is 3.20. The first-order chi connectivity index (χ1) is 10.9. The minimum absolute atomic E-state index is 0.609. The monoisotopic (exact) mass is 321 g/mol. The minimum Gasteiger partial charge on any atom is -0.399 e. The molecule has 0 unspecified atom stereocenters. The van der Waals surface area contributed by atoms with Crippen LogP contribution in [0.15, 0.2) is 48.5 Å². The summed E-state index contributed by atoms with van der Waals surface area (Å²) in [5, 5.41) is 0. The first-order valence-electron chi connectivity index (χ1n) is 7.46. The summed E-state index contributed by atoms with van der Waals surface area (Å²) < 4.78 is 37.8. The molecule has 0 amide bonds. The second-order valence-electron chi connectivity index (χ2n) is 5.61. The largest absolute Gasteiger partial charge is 0.416 e. The maximum absolute atomic E-state index is 12.6. The fourth-order valence-corrected chi connectivity index (χ4v) is 2.77. The third-order valence-electron chi connectivity index (χ3n) is 4.10. The van der Waals surface area contributed by atoms with Crippen molar-refractivity contribution in [1.29, 1.82) is 0 Å². The van der Waals surface area contributed by atoms with E-state index in [-0.39, 0.29) is 0 Å². The van der Waals surface area contributed by atoms with Gasteiger partial charge in [-0.25, -0.2) is 0 Å². The number of halogens is 3. The van der Waals surface area contributed by atoms with Gasteiger partial charge in [0, 0.05) is 43.2 Å². The summed E-state index contributed by atoms with van der Waals surface area (Å²) in [6.07, 6.45) is -4.29. The van der Waals surface area contributed by atoms with Crippen molar-refractivity contribution in [1.82, 2.24) is 0 Å². The Morgan fingerprint density at radius 2 is 1.09 bits per heavy atom. The predicted molar refractivity (Wildman–Crippen MR) is 86.7 cm³/mol. The van der Waals surface area contributed by atoms with Crippen LogP contribution in [0.4, 0.5) is 30.2 Å². The second-order valence-corrected chi connectivity index (χ2v) is 5.61. The van der Waals surface area contributed by atoms with E-state index in [0.29, 0.717) is 0 Å². The average molecular weight is 321 g/mol. The smallest absolute Gasteiger partial charge is 0.399 e. The lowest BCUT2D eigenvalue weighted by atomic mass is 10.1. The number of alkyl halides is 3. The van der Waals surface area contributed by atoms with Gasteiger partial charge in [-0.05, 0) is 48.5 Å². The molecule has 0 saturated carbocycles. The summed E-state index contributed by atoms with van der Waals surface area (Å²) in [7, 11) is 0. The third-order valence-corrected chi connectivity index (χ3v) is 4.10. The van der Waals surface area contributed by atoms with Crippen LogP contribution in [-0.4, -0.2) is 26.2 Å². The number of nitrogens with zero attached hydrogens (tertiary/aromatic N) is 2. The number of nitrogen functional groups attached to an aromatic ring is 1. The van der Waals surface area contributed by atoms with Crippen molar-refractivity contribution in [3.8, 4) is 0 Å². The SMILES string of the molecule is Nc1ccc(N2CCN(c3ccc(C(F)(F)F)cc3)CC2)cc1. The number of piperazine rings is 1. The van der Waals surface area contributed by atoms with Crippen molar-refractivity contribution < 1.29 is 13.2 Å². The molecule has 2 aromatic carbocycles. The molecule has 0 aliphatic carbocycles. The predicted octanol–water partition coefficient (Wildman–Crippen LogP) is 3.61. The number of hydrogen-bond donors (Lipinski definition) is 1. The number of rotatable bonds is 2. The lowest BCUT2D eigenvalue weighted by Crippen LogP contribution is -2.46. The Hall–Kier alpha value is -2.37. The molecule has 0 bridgehead atoms. The van der Waals surface area contributed by atoms with Crippen LogP contribution >= 0.6 is 0 Å². The Morgan fingerprint density at radius 3 is 1.48 bits per heavy atom. The summed E-state index contributed by atoms with van der Waals surface area (Å²) in [4.78, 5) is 4.36. The zero-order valence-corrected chi connectivity index (χ0v) is 12.6. The minimum atomic E-state index is -4.29. The highest BCUT2D eigenvalue weighted by atomic mass is 19.4. The zero-order valence-electron chi connectivity index (χ0n) is 12.6. The molecular formula is C17H18F3N3. The highest BCUT2D eigenvalue weighted by molar-refractivity contribution is 5.55. The molecule has 122 valence electrons. The molecular weight excluding hydrogens is 303 g/mol. The van der Waals surface area contributed by atoms with Crippen LogP contribution in [0.5, 0.6) is 0 Å². The Bertz CT molecular complexity index is 642. The molecule has 0 atom stereocenters. The number of nitrogens with two attached hydrogens (primary N) is 1. The van der Waals surface area contributed by atoms with Crippen LogP contribution in [0.3, 0.4) is 0 Å². The van der Waals surface area contributed by atoms with E-state index < -0.39 is 11.7 Å². The van der Waals surface area contributed by atoms with E-state index in [4.69, 9.17) is 5.73 Å². The second kappa shape index (κ2) is 6.02. The van der Waals surface area contributed by atoms with Gasteiger partial charge in [-0.2, -0.15) is 13.2 Å². The van der Waals surface area contributed by atoms with Gasteiger partial charge in [0.2, 0.25) is 0 Å². The van der Waals surface area contributed by atoms with E-state index in [0.717, 1.165) is 55.4 Å². The summed E-state index contributed by atoms with van der Waals surface area (Å²) >= 11 is 0. The molecule has 3 rings (SSSR count). The van der Waals surface area contributed by atoms with Crippen molar-refractivity contribution in [2.45, 2.75) is 6.18 Å². The highest BCUT2D eigenvalue weighted by Crippen LogP contribution is 2.31. The van der Waals surface area contributed by atoms with Gasteiger partial charge in [0.15, 0.2) is 0 Å². The van der Waals surface area contributed by atoms with Gasteiger partial charge in [0.25, 0.3) is 0 Å². The first kappa shape index (κ1) is 15.5. The van der Waals surface area contributed by atoms with E-state index in [1.807, 2.05) is 24.3 Å². The zero-order chi connectivity index (χ0) is 16.4. The number of hydrogen-bond acceptors (Lipinski definition) is 3. The maximum Gasteiger partial charge on any atom is 0.416 e. The molecule has 1 aliphatic heterocycles. The third kappa shape index (κ3) is 3.52. The van der Waals surface area contributed by atoms with E-state index in [9.17, 15) is 13.2 Å². The molecule has 0 radical (unpaired) electrons. The Kier molecular flexibility index (Phi) is 4.07. The molecule has 0 spiro atoms. The van der Waals surface area contributed by atoms with Gasteiger partial charge in [-0.3, -0.25) is 0 Å². The average Bonchev–Trinajstić information content (AvgIpc) is 2.55. The van der Waals surface area contributed by atoms with E-state index >= 15 is 0 Å². The fraction of sp³-hybridized carbons (Fsp3) is 0.294. The van der Waals surface area contributed by atoms with E-state index in [1.165, 1.54) is 0 Å². The molecule has 3 nitrogen and oxygen atoms in total. The summed E-state index contributed by atoms with van der Waals surface area (Å²) in [6, 6.07) is 13.1. The number of anilines is 3. The van der Waals surface area contributed by atoms with Crippen molar-refractivity contribution in [3.05, 3.63) is 54.1 Å². The first-order valence-corrected chi connectivity index (χ1v) is 7.46. The lowest BCUT2D eigenvalue weighted by molar-refractivity contribution is -0.137. The molecule has 23 heavy (non-hydrogen) atoms.